The van der Waals surface area contributed by atoms with Gasteiger partial charge in [-0.15, -0.1) is 0 Å². The summed E-state index contributed by atoms with van der Waals surface area (Å²) in [5.74, 6) is -0.728. The summed E-state index contributed by atoms with van der Waals surface area (Å²) < 4.78 is 34.2. The lowest BCUT2D eigenvalue weighted by molar-refractivity contribution is -0.134. The Morgan fingerprint density at radius 1 is 1.32 bits per heavy atom. The molecule has 0 aliphatic carbocycles. The first kappa shape index (κ1) is 18.9. The third kappa shape index (κ3) is 2.89. The smallest absolute Gasteiger partial charge is 0.241 e. The Kier molecular flexibility index (Phi) is 4.87. The maximum Gasteiger partial charge on any atom is 0.241 e. The molecule has 146 valence electrons. The zero-order valence-electron chi connectivity index (χ0n) is 15.6. The number of para-hydroxylation sites is 1. The van der Waals surface area contributed by atoms with E-state index in [1.165, 1.54) is 23.7 Å². The van der Waals surface area contributed by atoms with Crippen LogP contribution >= 0.6 is 11.8 Å². The zero-order valence-corrected chi connectivity index (χ0v) is 16.4. The number of hydrogen-bond acceptors (Lipinski definition) is 4. The van der Waals surface area contributed by atoms with Gasteiger partial charge in [0.2, 0.25) is 5.91 Å². The minimum atomic E-state index is -0.842. The molecule has 4 rings (SSSR count). The second-order valence-corrected chi connectivity index (χ2v) is 8.16. The third-order valence-corrected chi connectivity index (χ3v) is 6.65. The molecule has 2 aliphatic rings. The van der Waals surface area contributed by atoms with E-state index in [0.717, 1.165) is 36.6 Å². The normalized spacial score (nSPS) is 23.4. The monoisotopic (exact) mass is 402 g/mol. The Balaban J connectivity index is 1.89. The first-order valence-corrected chi connectivity index (χ1v) is 10.0. The van der Waals surface area contributed by atoms with Gasteiger partial charge in [0.1, 0.15) is 22.4 Å². The number of carbonyl (C=O) groups is 1. The van der Waals surface area contributed by atoms with E-state index in [2.05, 4.69) is 12.0 Å². The molecule has 4 nitrogen and oxygen atoms in total. The maximum atomic E-state index is 14.5. The summed E-state index contributed by atoms with van der Waals surface area (Å²) in [5, 5.41) is 6.20. The van der Waals surface area contributed by atoms with Gasteiger partial charge in [-0.1, -0.05) is 43.3 Å². The first-order valence-electron chi connectivity index (χ1n) is 9.23. The van der Waals surface area contributed by atoms with Gasteiger partial charge in [-0.05, 0) is 30.7 Å². The van der Waals surface area contributed by atoms with Crippen molar-refractivity contribution in [1.29, 1.82) is 0 Å². The van der Waals surface area contributed by atoms with Gasteiger partial charge in [-0.2, -0.15) is 5.10 Å². The summed E-state index contributed by atoms with van der Waals surface area (Å²) in [6.45, 7) is 3.94. The van der Waals surface area contributed by atoms with Gasteiger partial charge in [0, 0.05) is 24.0 Å². The minimum absolute atomic E-state index is 0.0424. The van der Waals surface area contributed by atoms with Crippen LogP contribution in [0.15, 0.2) is 47.6 Å². The predicted molar refractivity (Wildman–Crippen MR) is 105 cm³/mol. The van der Waals surface area contributed by atoms with Crippen molar-refractivity contribution in [3.05, 3.63) is 65.2 Å². The van der Waals surface area contributed by atoms with Gasteiger partial charge in [0.25, 0.3) is 0 Å². The second kappa shape index (κ2) is 7.20. The predicted octanol–water partition coefficient (Wildman–Crippen LogP) is 4.88. The molecule has 0 saturated carbocycles. The van der Waals surface area contributed by atoms with Crippen molar-refractivity contribution in [2.45, 2.75) is 31.6 Å². The Bertz CT molecular complexity index is 965. The van der Waals surface area contributed by atoms with Crippen LogP contribution in [-0.4, -0.2) is 22.6 Å². The lowest BCUT2D eigenvalue weighted by Crippen LogP contribution is -2.50. The number of rotatable bonds is 3. The van der Waals surface area contributed by atoms with E-state index >= 15 is 0 Å². The Hall–Kier alpha value is -2.41. The second-order valence-electron chi connectivity index (χ2n) is 6.95. The van der Waals surface area contributed by atoms with E-state index in [9.17, 15) is 13.6 Å². The lowest BCUT2D eigenvalue weighted by atomic mass is 9.86. The van der Waals surface area contributed by atoms with Crippen molar-refractivity contribution in [3.63, 3.8) is 0 Å². The standard InChI is InChI=1S/C21H20F2N2O2S/c1-3-6-14-12-27-19-8-5-4-7-17(19)21(14)25(13(2)26)24-20(28-21)16-11-15(22)9-10-18(16)23/h4-5,7-11,14H,3,6,12H2,1-2H3. The number of nitrogens with zero attached hydrogens (tertiary/aromatic N) is 2. The van der Waals surface area contributed by atoms with Gasteiger partial charge in [-0.25, -0.2) is 13.8 Å². The topological polar surface area (TPSA) is 41.9 Å². The molecule has 0 bridgehead atoms. The summed E-state index contributed by atoms with van der Waals surface area (Å²) in [6, 6.07) is 10.8. The summed E-state index contributed by atoms with van der Waals surface area (Å²) in [4.78, 5) is 11.8. The average Bonchev–Trinajstić information content (AvgIpc) is 3.08. The molecule has 1 spiro atoms. The Morgan fingerprint density at radius 3 is 2.86 bits per heavy atom. The van der Waals surface area contributed by atoms with Crippen LogP contribution in [0.4, 0.5) is 8.78 Å². The third-order valence-electron chi connectivity index (χ3n) is 5.12. The molecule has 0 N–H and O–H groups in total. The molecule has 0 aromatic heterocycles. The molecule has 0 saturated heterocycles. The number of fused-ring (bicyclic) bond motifs is 2. The van der Waals surface area contributed by atoms with Gasteiger partial charge >= 0.3 is 0 Å². The van der Waals surface area contributed by atoms with Crippen LogP contribution < -0.4 is 4.74 Å². The SMILES string of the molecule is CCCC1COc2ccccc2C12SC(c1cc(F)ccc1F)=NN2C(C)=O. The number of benzene rings is 2. The van der Waals surface area contributed by atoms with Crippen LogP contribution in [0, 0.1) is 17.6 Å². The molecule has 2 unspecified atom stereocenters. The van der Waals surface area contributed by atoms with Crippen molar-refractivity contribution in [1.82, 2.24) is 5.01 Å². The molecule has 1 amide bonds. The molecule has 2 aliphatic heterocycles. The van der Waals surface area contributed by atoms with Crippen molar-refractivity contribution >= 4 is 22.7 Å². The van der Waals surface area contributed by atoms with E-state index in [0.29, 0.717) is 17.4 Å². The van der Waals surface area contributed by atoms with E-state index in [4.69, 9.17) is 4.74 Å². The number of amides is 1. The van der Waals surface area contributed by atoms with Crippen LogP contribution in [0.25, 0.3) is 0 Å². The quantitative estimate of drug-likeness (QED) is 0.735. The molecule has 0 fully saturated rings. The highest BCUT2D eigenvalue weighted by Gasteiger charge is 2.56. The Labute approximate surface area is 166 Å². The van der Waals surface area contributed by atoms with Crippen LogP contribution in [0.3, 0.4) is 0 Å². The van der Waals surface area contributed by atoms with Crippen LogP contribution in [-0.2, 0) is 9.67 Å². The van der Waals surface area contributed by atoms with Crippen molar-refractivity contribution in [3.8, 4) is 5.75 Å². The number of thioether (sulfide) groups is 1. The number of hydrazone groups is 1. The number of halogens is 2. The highest BCUT2D eigenvalue weighted by Crippen LogP contribution is 2.57. The highest BCUT2D eigenvalue weighted by atomic mass is 32.2. The molecular weight excluding hydrogens is 382 g/mol. The maximum absolute atomic E-state index is 14.5. The molecule has 7 heteroatoms. The van der Waals surface area contributed by atoms with E-state index in [-0.39, 0.29) is 17.4 Å². The fourth-order valence-corrected chi connectivity index (χ4v) is 5.49. The Morgan fingerprint density at radius 2 is 2.11 bits per heavy atom. The van der Waals surface area contributed by atoms with E-state index < -0.39 is 16.5 Å². The van der Waals surface area contributed by atoms with Crippen LogP contribution in [0.2, 0.25) is 0 Å². The average molecular weight is 402 g/mol. The first-order chi connectivity index (χ1) is 13.5. The number of hydrogen-bond donors (Lipinski definition) is 0. The van der Waals surface area contributed by atoms with E-state index in [1.54, 1.807) is 0 Å². The summed E-state index contributed by atoms with van der Waals surface area (Å²) in [7, 11) is 0. The van der Waals surface area contributed by atoms with Gasteiger partial charge < -0.3 is 4.74 Å². The minimum Gasteiger partial charge on any atom is -0.493 e. The largest absolute Gasteiger partial charge is 0.493 e. The summed E-state index contributed by atoms with van der Waals surface area (Å²) in [6.07, 6.45) is 1.70. The van der Waals surface area contributed by atoms with Crippen molar-refractivity contribution < 1.29 is 18.3 Å². The van der Waals surface area contributed by atoms with Crippen molar-refractivity contribution in [2.24, 2.45) is 11.0 Å². The van der Waals surface area contributed by atoms with Crippen LogP contribution in [0.1, 0.15) is 37.8 Å². The van der Waals surface area contributed by atoms with Crippen LogP contribution in [0.5, 0.6) is 5.75 Å². The molecule has 2 aromatic carbocycles. The van der Waals surface area contributed by atoms with Crippen molar-refractivity contribution in [2.75, 3.05) is 6.61 Å². The molecular formula is C21H20F2N2O2S. The van der Waals surface area contributed by atoms with E-state index in [1.807, 2.05) is 24.3 Å². The molecule has 0 radical (unpaired) electrons. The molecule has 2 atom stereocenters. The van der Waals surface area contributed by atoms with Gasteiger partial charge in [0.05, 0.1) is 6.61 Å². The van der Waals surface area contributed by atoms with Gasteiger partial charge in [0.15, 0.2) is 4.87 Å². The number of carbonyl (C=O) groups excluding carboxylic acids is 1. The fourth-order valence-electron chi connectivity index (χ4n) is 3.92. The highest BCUT2D eigenvalue weighted by molar-refractivity contribution is 8.15. The van der Waals surface area contributed by atoms with Gasteiger partial charge in [-0.3, -0.25) is 4.79 Å². The number of ether oxygens (including phenoxy) is 1. The summed E-state index contributed by atoms with van der Waals surface area (Å²) >= 11 is 1.31. The molecule has 28 heavy (non-hydrogen) atoms. The lowest BCUT2D eigenvalue weighted by Gasteiger charge is -2.45. The zero-order chi connectivity index (χ0) is 19.9. The fraction of sp³-hybridized carbons (Fsp3) is 0.333. The molecule has 2 aromatic rings. The molecule has 2 heterocycles. The summed E-state index contributed by atoms with van der Waals surface area (Å²) in [5.41, 5.74) is 0.891.